The van der Waals surface area contributed by atoms with Crippen molar-refractivity contribution in [1.29, 1.82) is 0 Å². The molecule has 1 aromatic carbocycles. The molecule has 0 aliphatic heterocycles. The predicted octanol–water partition coefficient (Wildman–Crippen LogP) is 4.97. The minimum Gasteiger partial charge on any atom is -0.342 e. The van der Waals surface area contributed by atoms with Crippen molar-refractivity contribution in [1.82, 2.24) is 19.7 Å². The van der Waals surface area contributed by atoms with E-state index in [1.807, 2.05) is 48.1 Å². The Morgan fingerprint density at radius 2 is 1.77 bits per heavy atom. The van der Waals surface area contributed by atoms with Gasteiger partial charge in [0.05, 0.1) is 22.8 Å². The van der Waals surface area contributed by atoms with Crippen LogP contribution < -0.4 is 5.73 Å². The summed E-state index contributed by atoms with van der Waals surface area (Å²) in [5, 5.41) is 5.27. The number of benzene rings is 1. The number of carbonyl (C=O) groups excluding carboxylic acids is 1. The number of nitrogens with zero attached hydrogens (tertiary/aromatic N) is 4. The van der Waals surface area contributed by atoms with Gasteiger partial charge in [-0.1, -0.05) is 44.2 Å². The molecule has 2 heterocycles. The van der Waals surface area contributed by atoms with E-state index in [9.17, 15) is 4.79 Å². The third-order valence-corrected chi connectivity index (χ3v) is 5.36. The van der Waals surface area contributed by atoms with E-state index in [4.69, 9.17) is 10.7 Å². The van der Waals surface area contributed by atoms with Gasteiger partial charge in [-0.3, -0.25) is 4.79 Å². The van der Waals surface area contributed by atoms with Crippen LogP contribution in [0.4, 0.5) is 0 Å². The van der Waals surface area contributed by atoms with Gasteiger partial charge in [0.2, 0.25) is 0 Å². The summed E-state index contributed by atoms with van der Waals surface area (Å²) in [4.78, 5) is 19.9. The van der Waals surface area contributed by atoms with Gasteiger partial charge in [0.1, 0.15) is 0 Å². The molecule has 3 aromatic rings. The standard InChI is InChI=1S/C23H31N5O.2ClH/c1-15(2)20(24)11-12-27(5)23(29)18-13-21(17-9-7-6-8-10-17)26-22-19(18)14-25-28(22)16(3)4;;/h6-10,13-16,20H,11-12,24H2,1-5H3;2*1H. The summed E-state index contributed by atoms with van der Waals surface area (Å²) in [6.45, 7) is 8.94. The van der Waals surface area contributed by atoms with Gasteiger partial charge < -0.3 is 10.6 Å². The Hall–Kier alpha value is -2.15. The zero-order chi connectivity index (χ0) is 21.1. The topological polar surface area (TPSA) is 77.0 Å². The van der Waals surface area contributed by atoms with Crippen LogP contribution in [0.15, 0.2) is 42.6 Å². The summed E-state index contributed by atoms with van der Waals surface area (Å²) < 4.78 is 1.87. The largest absolute Gasteiger partial charge is 0.342 e. The highest BCUT2D eigenvalue weighted by molar-refractivity contribution is 6.06. The monoisotopic (exact) mass is 465 g/mol. The molecule has 0 aliphatic rings. The number of halogens is 2. The fourth-order valence-corrected chi connectivity index (χ4v) is 3.31. The van der Waals surface area contributed by atoms with E-state index in [1.165, 1.54) is 0 Å². The Balaban J connectivity index is 0.00000240. The highest BCUT2D eigenvalue weighted by Gasteiger charge is 2.21. The van der Waals surface area contributed by atoms with Gasteiger partial charge in [0.25, 0.3) is 5.91 Å². The Morgan fingerprint density at radius 1 is 1.13 bits per heavy atom. The van der Waals surface area contributed by atoms with Gasteiger partial charge in [-0.25, -0.2) is 9.67 Å². The molecule has 0 saturated carbocycles. The molecule has 0 aliphatic carbocycles. The molecular weight excluding hydrogens is 433 g/mol. The molecule has 0 radical (unpaired) electrons. The number of aromatic nitrogens is 3. The van der Waals surface area contributed by atoms with Crippen LogP contribution in [0.2, 0.25) is 0 Å². The zero-order valence-electron chi connectivity index (χ0n) is 18.8. The number of hydrogen-bond donors (Lipinski definition) is 1. The highest BCUT2D eigenvalue weighted by atomic mass is 35.5. The molecule has 1 atom stereocenters. The third kappa shape index (κ3) is 5.97. The van der Waals surface area contributed by atoms with E-state index in [1.54, 1.807) is 11.1 Å². The molecule has 6 nitrogen and oxygen atoms in total. The summed E-state index contributed by atoms with van der Waals surface area (Å²) in [6.07, 6.45) is 2.52. The molecule has 1 amide bonds. The number of rotatable bonds is 7. The van der Waals surface area contributed by atoms with Crippen molar-refractivity contribution in [3.63, 3.8) is 0 Å². The van der Waals surface area contributed by atoms with E-state index in [0.29, 0.717) is 18.0 Å². The number of fused-ring (bicyclic) bond motifs is 1. The lowest BCUT2D eigenvalue weighted by Crippen LogP contribution is -2.34. The second kappa shape index (κ2) is 11.5. The quantitative estimate of drug-likeness (QED) is 0.534. The molecule has 0 fully saturated rings. The van der Waals surface area contributed by atoms with Gasteiger partial charge in [-0.15, -0.1) is 24.8 Å². The number of nitrogens with two attached hydrogens (primary N) is 1. The fourth-order valence-electron chi connectivity index (χ4n) is 3.31. The Bertz CT molecular complexity index is 988. The van der Waals surface area contributed by atoms with Crippen LogP contribution in [0.1, 0.15) is 50.5 Å². The Kier molecular flexibility index (Phi) is 9.94. The van der Waals surface area contributed by atoms with Crippen molar-refractivity contribution in [3.8, 4) is 11.3 Å². The maximum Gasteiger partial charge on any atom is 0.254 e. The average molecular weight is 466 g/mol. The van der Waals surface area contributed by atoms with Gasteiger partial charge >= 0.3 is 0 Å². The van der Waals surface area contributed by atoms with E-state index < -0.39 is 0 Å². The fraction of sp³-hybridized carbons (Fsp3) is 0.435. The smallest absolute Gasteiger partial charge is 0.254 e. The van der Waals surface area contributed by atoms with E-state index >= 15 is 0 Å². The van der Waals surface area contributed by atoms with E-state index in [-0.39, 0.29) is 42.8 Å². The third-order valence-electron chi connectivity index (χ3n) is 5.36. The molecule has 0 bridgehead atoms. The molecule has 2 N–H and O–H groups in total. The molecule has 31 heavy (non-hydrogen) atoms. The number of hydrogen-bond acceptors (Lipinski definition) is 4. The molecule has 8 heteroatoms. The van der Waals surface area contributed by atoms with Gasteiger partial charge in [0.15, 0.2) is 5.65 Å². The molecule has 170 valence electrons. The van der Waals surface area contributed by atoms with Crippen molar-refractivity contribution in [2.75, 3.05) is 13.6 Å². The van der Waals surface area contributed by atoms with Crippen LogP contribution >= 0.6 is 24.8 Å². The summed E-state index contributed by atoms with van der Waals surface area (Å²) in [5.74, 6) is 0.355. The van der Waals surface area contributed by atoms with Gasteiger partial charge in [0, 0.05) is 31.2 Å². The highest BCUT2D eigenvalue weighted by Crippen LogP contribution is 2.27. The van der Waals surface area contributed by atoms with Crippen molar-refractivity contribution in [2.45, 2.75) is 46.2 Å². The van der Waals surface area contributed by atoms with Gasteiger partial charge in [-0.05, 0) is 32.3 Å². The molecule has 2 aromatic heterocycles. The first-order valence-electron chi connectivity index (χ1n) is 10.2. The van der Waals surface area contributed by atoms with Crippen LogP contribution in [0.25, 0.3) is 22.3 Å². The minimum absolute atomic E-state index is 0. The zero-order valence-corrected chi connectivity index (χ0v) is 20.4. The minimum atomic E-state index is -0.0335. The average Bonchev–Trinajstić information content (AvgIpc) is 3.15. The summed E-state index contributed by atoms with van der Waals surface area (Å²) in [5.41, 5.74) is 9.28. The Morgan fingerprint density at radius 3 is 2.35 bits per heavy atom. The van der Waals surface area contributed by atoms with E-state index in [0.717, 1.165) is 28.7 Å². The SMILES string of the molecule is CC(C)C(N)CCN(C)C(=O)c1cc(-c2ccccc2)nc2c1cnn2C(C)C.Cl.Cl. The maximum atomic E-state index is 13.3. The molecule has 3 rings (SSSR count). The molecule has 0 saturated heterocycles. The Labute approximate surface area is 197 Å². The van der Waals surface area contributed by atoms with Gasteiger partial charge in [-0.2, -0.15) is 5.10 Å². The lowest BCUT2D eigenvalue weighted by molar-refractivity contribution is 0.0791. The number of carbonyl (C=O) groups is 1. The molecule has 0 spiro atoms. The van der Waals surface area contributed by atoms with Crippen LogP contribution in [0.3, 0.4) is 0 Å². The van der Waals surface area contributed by atoms with Crippen molar-refractivity contribution in [2.24, 2.45) is 11.7 Å². The van der Waals surface area contributed by atoms with Crippen LogP contribution in [0.5, 0.6) is 0 Å². The first-order chi connectivity index (χ1) is 13.8. The first kappa shape index (κ1) is 26.9. The van der Waals surface area contributed by atoms with Crippen LogP contribution in [-0.2, 0) is 0 Å². The second-order valence-corrected chi connectivity index (χ2v) is 8.26. The first-order valence-corrected chi connectivity index (χ1v) is 10.2. The number of amides is 1. The van der Waals surface area contributed by atoms with Crippen LogP contribution in [-0.4, -0.2) is 45.2 Å². The lowest BCUT2D eigenvalue weighted by Gasteiger charge is -2.22. The predicted molar refractivity (Wildman–Crippen MR) is 132 cm³/mol. The second-order valence-electron chi connectivity index (χ2n) is 8.26. The van der Waals surface area contributed by atoms with E-state index in [2.05, 4.69) is 32.8 Å². The maximum absolute atomic E-state index is 13.3. The van der Waals surface area contributed by atoms with Crippen LogP contribution in [0, 0.1) is 5.92 Å². The summed E-state index contributed by atoms with van der Waals surface area (Å²) in [6, 6.07) is 12.0. The summed E-state index contributed by atoms with van der Waals surface area (Å²) >= 11 is 0. The van der Waals surface area contributed by atoms with Crippen molar-refractivity contribution in [3.05, 3.63) is 48.2 Å². The normalized spacial score (nSPS) is 11.9. The van der Waals surface area contributed by atoms with Crippen molar-refractivity contribution >= 4 is 41.8 Å². The van der Waals surface area contributed by atoms with Crippen molar-refractivity contribution < 1.29 is 4.79 Å². The lowest BCUT2D eigenvalue weighted by atomic mass is 10.0. The molecular formula is C23H33Cl2N5O. The molecule has 1 unspecified atom stereocenters. The number of pyridine rings is 1. The summed E-state index contributed by atoms with van der Waals surface area (Å²) in [7, 11) is 1.83.